The molecule has 0 aliphatic heterocycles. The zero-order valence-electron chi connectivity index (χ0n) is 15.1. The van der Waals surface area contributed by atoms with Gasteiger partial charge in [-0.05, 0) is 54.7 Å². The van der Waals surface area contributed by atoms with Gasteiger partial charge < -0.3 is 5.32 Å². The molecule has 1 amide bonds. The van der Waals surface area contributed by atoms with Crippen LogP contribution in [-0.2, 0) is 0 Å². The fraction of sp³-hybridized carbons (Fsp3) is 0. The van der Waals surface area contributed by atoms with Crippen molar-refractivity contribution in [2.75, 3.05) is 5.32 Å². The summed E-state index contributed by atoms with van der Waals surface area (Å²) in [7, 11) is 0. The number of nitrogens with zero attached hydrogens (tertiary/aromatic N) is 3. The predicted octanol–water partition coefficient (Wildman–Crippen LogP) is 5.62. The Morgan fingerprint density at radius 3 is 2.40 bits per heavy atom. The Hall–Kier alpha value is -2.52. The topological polar surface area (TPSA) is 71.8 Å². The van der Waals surface area contributed by atoms with E-state index in [1.807, 2.05) is 30.3 Å². The first-order valence-corrected chi connectivity index (χ1v) is 10.6. The summed E-state index contributed by atoms with van der Waals surface area (Å²) in [6.07, 6.45) is 0. The number of carbonyl (C=O) groups excluding carboxylic acids is 1. The maximum atomic E-state index is 12.5. The minimum Gasteiger partial charge on any atom is -0.331 e. The maximum absolute atomic E-state index is 12.5. The molecule has 6 nitrogen and oxygen atoms in total. The molecule has 0 unspecified atom stereocenters. The number of hydrogen-bond acceptors (Lipinski definition) is 4. The van der Waals surface area contributed by atoms with Crippen LogP contribution in [0.1, 0.15) is 10.4 Å². The Labute approximate surface area is 195 Å². The van der Waals surface area contributed by atoms with Crippen LogP contribution < -0.4 is 10.6 Å². The molecule has 10 heteroatoms. The van der Waals surface area contributed by atoms with Gasteiger partial charge in [-0.3, -0.25) is 10.1 Å². The van der Waals surface area contributed by atoms with E-state index in [1.165, 1.54) is 4.80 Å². The van der Waals surface area contributed by atoms with E-state index in [2.05, 4.69) is 36.8 Å². The molecule has 30 heavy (non-hydrogen) atoms. The minimum atomic E-state index is -0.439. The van der Waals surface area contributed by atoms with Crippen molar-refractivity contribution < 1.29 is 4.79 Å². The minimum absolute atomic E-state index is 0.0766. The first-order valence-electron chi connectivity index (χ1n) is 8.60. The van der Waals surface area contributed by atoms with E-state index in [0.717, 1.165) is 10.2 Å². The number of hydrogen-bond donors (Lipinski definition) is 2. The lowest BCUT2D eigenvalue weighted by Gasteiger charge is -2.11. The second-order valence-corrected chi connectivity index (χ2v) is 8.32. The van der Waals surface area contributed by atoms with Crippen LogP contribution in [-0.4, -0.2) is 26.0 Å². The van der Waals surface area contributed by atoms with E-state index in [1.54, 1.807) is 30.3 Å². The van der Waals surface area contributed by atoms with Gasteiger partial charge in [-0.1, -0.05) is 57.3 Å². The molecule has 0 bridgehead atoms. The van der Waals surface area contributed by atoms with Gasteiger partial charge in [0.05, 0.1) is 27.0 Å². The van der Waals surface area contributed by atoms with Crippen LogP contribution in [0, 0.1) is 0 Å². The summed E-state index contributed by atoms with van der Waals surface area (Å²) in [6.45, 7) is 0. The third-order valence-electron chi connectivity index (χ3n) is 4.10. The zero-order chi connectivity index (χ0) is 21.3. The largest absolute Gasteiger partial charge is 0.331 e. The van der Waals surface area contributed by atoms with Crippen LogP contribution in [0.3, 0.4) is 0 Å². The van der Waals surface area contributed by atoms with Gasteiger partial charge >= 0.3 is 0 Å². The molecule has 0 saturated heterocycles. The van der Waals surface area contributed by atoms with E-state index in [9.17, 15) is 4.79 Å². The lowest BCUT2D eigenvalue weighted by atomic mass is 10.2. The third-order valence-corrected chi connectivity index (χ3v) is 5.44. The van der Waals surface area contributed by atoms with Gasteiger partial charge in [-0.2, -0.15) is 4.80 Å². The van der Waals surface area contributed by atoms with E-state index in [-0.39, 0.29) is 5.11 Å². The van der Waals surface area contributed by atoms with Crippen LogP contribution in [0.2, 0.25) is 10.0 Å². The van der Waals surface area contributed by atoms with E-state index in [0.29, 0.717) is 32.3 Å². The number of carbonyl (C=O) groups is 1. The third kappa shape index (κ3) is 4.46. The van der Waals surface area contributed by atoms with E-state index in [4.69, 9.17) is 35.4 Å². The molecule has 2 N–H and O–H groups in total. The summed E-state index contributed by atoms with van der Waals surface area (Å²) in [4.78, 5) is 14.0. The van der Waals surface area contributed by atoms with Crippen molar-refractivity contribution >= 4 is 79.1 Å². The monoisotopic (exact) mass is 519 g/mol. The first-order chi connectivity index (χ1) is 14.4. The first kappa shape index (κ1) is 20.7. The van der Waals surface area contributed by atoms with Crippen LogP contribution in [0.25, 0.3) is 16.7 Å². The quantitative estimate of drug-likeness (QED) is 0.343. The number of aromatic nitrogens is 3. The number of nitrogens with one attached hydrogen (secondary N) is 2. The number of halogens is 3. The Balaban J connectivity index is 1.54. The van der Waals surface area contributed by atoms with Gasteiger partial charge in [-0.15, -0.1) is 10.2 Å². The molecule has 0 radical (unpaired) electrons. The molecule has 4 aromatic rings. The van der Waals surface area contributed by atoms with Gasteiger partial charge in [0.15, 0.2) is 5.11 Å². The number of para-hydroxylation sites is 1. The fourth-order valence-corrected chi connectivity index (χ4v) is 3.68. The van der Waals surface area contributed by atoms with Crippen molar-refractivity contribution in [3.8, 4) is 5.69 Å². The second kappa shape index (κ2) is 8.69. The highest BCUT2D eigenvalue weighted by molar-refractivity contribution is 9.10. The fourth-order valence-electron chi connectivity index (χ4n) is 2.71. The standard InChI is InChI=1S/C20H12BrCl2N5OS/c21-11-6-7-14(22)13(8-11)19(29)25-20(30)24-16-10-18-17(9-15(16)23)26-28(27-18)12-4-2-1-3-5-12/h1-10H,(H2,24,25,29,30). The van der Waals surface area contributed by atoms with E-state index < -0.39 is 5.91 Å². The average Bonchev–Trinajstić information content (AvgIpc) is 3.13. The molecule has 0 saturated carbocycles. The smallest absolute Gasteiger partial charge is 0.258 e. The number of rotatable bonds is 3. The van der Waals surface area contributed by atoms with Gasteiger partial charge in [0.2, 0.25) is 0 Å². The molecular formula is C20H12BrCl2N5OS. The average molecular weight is 521 g/mol. The normalized spacial score (nSPS) is 10.8. The van der Waals surface area contributed by atoms with Crippen molar-refractivity contribution in [1.82, 2.24) is 20.3 Å². The molecule has 0 aliphatic rings. The van der Waals surface area contributed by atoms with Gasteiger partial charge in [-0.25, -0.2) is 0 Å². The molecule has 0 atom stereocenters. The van der Waals surface area contributed by atoms with Crippen LogP contribution in [0.4, 0.5) is 5.69 Å². The maximum Gasteiger partial charge on any atom is 0.258 e. The van der Waals surface area contributed by atoms with Gasteiger partial charge in [0, 0.05) is 4.47 Å². The Kier molecular flexibility index (Phi) is 6.01. The zero-order valence-corrected chi connectivity index (χ0v) is 19.0. The van der Waals surface area contributed by atoms with E-state index >= 15 is 0 Å². The summed E-state index contributed by atoms with van der Waals surface area (Å²) >= 11 is 21.0. The molecule has 0 fully saturated rings. The Morgan fingerprint density at radius 2 is 1.67 bits per heavy atom. The van der Waals surface area contributed by atoms with Crippen molar-refractivity contribution in [1.29, 1.82) is 0 Å². The molecular weight excluding hydrogens is 509 g/mol. The van der Waals surface area contributed by atoms with Crippen molar-refractivity contribution in [3.63, 3.8) is 0 Å². The number of benzene rings is 3. The van der Waals surface area contributed by atoms with Crippen molar-refractivity contribution in [2.24, 2.45) is 0 Å². The number of anilines is 1. The second-order valence-electron chi connectivity index (χ2n) is 6.18. The number of amides is 1. The lowest BCUT2D eigenvalue weighted by molar-refractivity contribution is 0.0978. The molecule has 0 spiro atoms. The van der Waals surface area contributed by atoms with Crippen molar-refractivity contribution in [2.45, 2.75) is 0 Å². The van der Waals surface area contributed by atoms with Crippen LogP contribution in [0.15, 0.2) is 65.1 Å². The molecule has 1 heterocycles. The summed E-state index contributed by atoms with van der Waals surface area (Å²) in [5, 5.41) is 15.2. The van der Waals surface area contributed by atoms with Crippen LogP contribution in [0.5, 0.6) is 0 Å². The predicted molar refractivity (Wildman–Crippen MR) is 127 cm³/mol. The number of fused-ring (bicyclic) bond motifs is 1. The highest BCUT2D eigenvalue weighted by Gasteiger charge is 2.15. The molecule has 0 aliphatic carbocycles. The summed E-state index contributed by atoms with van der Waals surface area (Å²) < 4.78 is 0.728. The summed E-state index contributed by atoms with van der Waals surface area (Å²) in [6, 6.07) is 17.9. The SMILES string of the molecule is O=C(NC(=S)Nc1cc2nn(-c3ccccc3)nc2cc1Cl)c1cc(Br)ccc1Cl. The van der Waals surface area contributed by atoms with Gasteiger partial charge in [0.25, 0.3) is 5.91 Å². The molecule has 3 aromatic carbocycles. The molecule has 150 valence electrons. The van der Waals surface area contributed by atoms with Crippen molar-refractivity contribution in [3.05, 3.63) is 80.7 Å². The molecule has 1 aromatic heterocycles. The van der Waals surface area contributed by atoms with Gasteiger partial charge in [0.1, 0.15) is 11.0 Å². The number of thiocarbonyl (C=S) groups is 1. The van der Waals surface area contributed by atoms with Crippen LogP contribution >= 0.6 is 51.3 Å². The Bertz CT molecular complexity index is 1280. The highest BCUT2D eigenvalue weighted by Crippen LogP contribution is 2.27. The molecule has 4 rings (SSSR count). The lowest BCUT2D eigenvalue weighted by Crippen LogP contribution is -2.34. The summed E-state index contributed by atoms with van der Waals surface area (Å²) in [5.41, 5.74) is 2.87. The highest BCUT2D eigenvalue weighted by atomic mass is 79.9. The Morgan fingerprint density at radius 1 is 0.967 bits per heavy atom. The summed E-state index contributed by atoms with van der Waals surface area (Å²) in [5.74, 6) is -0.439.